The van der Waals surface area contributed by atoms with Gasteiger partial charge >= 0.3 is 5.97 Å². The van der Waals surface area contributed by atoms with Gasteiger partial charge < -0.3 is 19.8 Å². The molecule has 6 heteroatoms. The van der Waals surface area contributed by atoms with Gasteiger partial charge in [0.05, 0.1) is 6.61 Å². The number of benzene rings is 2. The van der Waals surface area contributed by atoms with Crippen LogP contribution in [-0.4, -0.2) is 47.5 Å². The van der Waals surface area contributed by atoms with Crippen LogP contribution in [0.1, 0.15) is 50.7 Å². The maximum Gasteiger partial charge on any atom is 0.354 e. The van der Waals surface area contributed by atoms with Crippen molar-refractivity contribution in [2.24, 2.45) is 0 Å². The van der Waals surface area contributed by atoms with Crippen LogP contribution >= 0.6 is 0 Å². The van der Waals surface area contributed by atoms with Crippen LogP contribution in [0, 0.1) is 0 Å². The Bertz CT molecular complexity index is 1130. The van der Waals surface area contributed by atoms with Crippen molar-refractivity contribution in [3.05, 3.63) is 66.0 Å². The van der Waals surface area contributed by atoms with Crippen LogP contribution in [0.5, 0.6) is 5.75 Å². The summed E-state index contributed by atoms with van der Waals surface area (Å²) in [5.41, 5.74) is 6.07. The largest absolute Gasteiger partial charge is 0.491 e. The summed E-state index contributed by atoms with van der Waals surface area (Å²) in [6, 6.07) is 15.6. The Labute approximate surface area is 201 Å². The first-order valence-corrected chi connectivity index (χ1v) is 11.7. The molecule has 6 nitrogen and oxygen atoms in total. The number of rotatable bonds is 9. The molecule has 0 spiro atoms. The highest BCUT2D eigenvalue weighted by Crippen LogP contribution is 2.39. The minimum Gasteiger partial charge on any atom is -0.491 e. The predicted octanol–water partition coefficient (Wildman–Crippen LogP) is 5.63. The second kappa shape index (κ2) is 10.7. The smallest absolute Gasteiger partial charge is 0.354 e. The topological polar surface area (TPSA) is 82.9 Å². The average molecular weight is 463 g/mol. The maximum atomic E-state index is 11.2. The molecule has 0 aliphatic heterocycles. The molecule has 0 bridgehead atoms. The molecule has 34 heavy (non-hydrogen) atoms. The van der Waals surface area contributed by atoms with E-state index in [1.165, 1.54) is 17.3 Å². The van der Waals surface area contributed by atoms with Crippen molar-refractivity contribution in [1.29, 1.82) is 0 Å². The van der Waals surface area contributed by atoms with Gasteiger partial charge in [0.25, 0.3) is 0 Å². The molecule has 3 rings (SSSR count). The maximum absolute atomic E-state index is 11.2. The number of carboxylic acid groups (broad SMARTS) is 1. The van der Waals surface area contributed by atoms with Gasteiger partial charge in [-0.3, -0.25) is 0 Å². The first kappa shape index (κ1) is 25.2. The van der Waals surface area contributed by atoms with Gasteiger partial charge in [0.15, 0.2) is 0 Å². The van der Waals surface area contributed by atoms with E-state index in [-0.39, 0.29) is 24.3 Å². The third-order valence-electron chi connectivity index (χ3n) is 5.86. The first-order chi connectivity index (χ1) is 16.2. The van der Waals surface area contributed by atoms with Gasteiger partial charge in [-0.15, -0.1) is 0 Å². The molecule has 0 atom stereocenters. The van der Waals surface area contributed by atoms with Crippen LogP contribution in [0.25, 0.3) is 22.3 Å². The lowest BCUT2D eigenvalue weighted by Gasteiger charge is -2.31. The Kier molecular flexibility index (Phi) is 7.94. The number of hydrogen-bond donors (Lipinski definition) is 2. The predicted molar refractivity (Wildman–Crippen MR) is 137 cm³/mol. The molecule has 0 fully saturated rings. The first-order valence-electron chi connectivity index (χ1n) is 11.7. The van der Waals surface area contributed by atoms with E-state index in [0.717, 1.165) is 35.3 Å². The van der Waals surface area contributed by atoms with Crippen LogP contribution in [0.15, 0.2) is 54.7 Å². The standard InChI is InChI=1S/C28H34N2O4/c1-6-30(7-2)25-12-9-20(17-23(25)28(3,4)5)22-16-19(10-13-26(22)34-15-14-31)21-8-11-24(27(32)33)29-18-21/h8-13,16-18,31H,6-7,14-15H2,1-5H3,(H,32,33). The Hall–Kier alpha value is -3.38. The number of ether oxygens (including phenoxy) is 1. The van der Waals surface area contributed by atoms with Crippen molar-refractivity contribution in [1.82, 2.24) is 4.98 Å². The molecule has 2 N–H and O–H groups in total. The zero-order chi connectivity index (χ0) is 24.9. The summed E-state index contributed by atoms with van der Waals surface area (Å²) in [5, 5.41) is 18.5. The number of aromatic nitrogens is 1. The van der Waals surface area contributed by atoms with Gasteiger partial charge in [-0.2, -0.15) is 0 Å². The summed E-state index contributed by atoms with van der Waals surface area (Å²) in [5.74, 6) is -0.369. The van der Waals surface area contributed by atoms with Crippen molar-refractivity contribution >= 4 is 11.7 Å². The summed E-state index contributed by atoms with van der Waals surface area (Å²) in [6.45, 7) is 13.0. The zero-order valence-corrected chi connectivity index (χ0v) is 20.6. The third kappa shape index (κ3) is 5.57. The minimum absolute atomic E-state index is 0.00804. The number of aliphatic hydroxyl groups is 1. The van der Waals surface area contributed by atoms with Crippen molar-refractivity contribution in [3.8, 4) is 28.0 Å². The van der Waals surface area contributed by atoms with E-state index < -0.39 is 5.97 Å². The van der Waals surface area contributed by atoms with Gasteiger partial charge in [-0.25, -0.2) is 9.78 Å². The van der Waals surface area contributed by atoms with E-state index in [2.05, 4.69) is 62.7 Å². The number of anilines is 1. The van der Waals surface area contributed by atoms with Gasteiger partial charge in [-0.05, 0) is 66.3 Å². The summed E-state index contributed by atoms with van der Waals surface area (Å²) in [4.78, 5) is 17.6. The highest BCUT2D eigenvalue weighted by atomic mass is 16.5. The highest BCUT2D eigenvalue weighted by Gasteiger charge is 2.22. The highest BCUT2D eigenvalue weighted by molar-refractivity contribution is 5.86. The lowest BCUT2D eigenvalue weighted by Crippen LogP contribution is -2.26. The molecule has 3 aromatic rings. The number of aliphatic hydroxyl groups excluding tert-OH is 1. The number of hydrogen-bond acceptors (Lipinski definition) is 5. The molecule has 180 valence electrons. The van der Waals surface area contributed by atoms with Crippen molar-refractivity contribution < 1.29 is 19.7 Å². The van der Waals surface area contributed by atoms with E-state index >= 15 is 0 Å². The fraction of sp³-hybridized carbons (Fsp3) is 0.357. The third-order valence-corrected chi connectivity index (χ3v) is 5.86. The molecular weight excluding hydrogens is 428 g/mol. The van der Waals surface area contributed by atoms with Crippen LogP contribution < -0.4 is 9.64 Å². The number of carboxylic acids is 1. The van der Waals surface area contributed by atoms with Crippen molar-refractivity contribution in [2.75, 3.05) is 31.2 Å². The Morgan fingerprint density at radius 2 is 1.65 bits per heavy atom. The number of nitrogens with zero attached hydrogens (tertiary/aromatic N) is 2. The Morgan fingerprint density at radius 3 is 2.21 bits per heavy atom. The monoisotopic (exact) mass is 462 g/mol. The van der Waals surface area contributed by atoms with Gasteiger partial charge in [0.1, 0.15) is 18.1 Å². The molecular formula is C28H34N2O4. The van der Waals surface area contributed by atoms with Crippen LogP contribution in [0.2, 0.25) is 0 Å². The molecule has 0 saturated heterocycles. The molecule has 1 heterocycles. The Balaban J connectivity index is 2.15. The van der Waals surface area contributed by atoms with Crippen LogP contribution in [-0.2, 0) is 5.41 Å². The summed E-state index contributed by atoms with van der Waals surface area (Å²) < 4.78 is 5.87. The summed E-state index contributed by atoms with van der Waals surface area (Å²) >= 11 is 0. The lowest BCUT2D eigenvalue weighted by molar-refractivity contribution is 0.0690. The zero-order valence-electron chi connectivity index (χ0n) is 20.6. The molecule has 0 amide bonds. The fourth-order valence-electron chi connectivity index (χ4n) is 4.05. The molecule has 0 radical (unpaired) electrons. The number of pyridine rings is 1. The van der Waals surface area contributed by atoms with Gasteiger partial charge in [0.2, 0.25) is 0 Å². The van der Waals surface area contributed by atoms with Gasteiger partial charge in [-0.1, -0.05) is 39.0 Å². The fourth-order valence-corrected chi connectivity index (χ4v) is 4.05. The second-order valence-corrected chi connectivity index (χ2v) is 9.17. The van der Waals surface area contributed by atoms with Crippen LogP contribution in [0.3, 0.4) is 0 Å². The molecule has 0 saturated carbocycles. The van der Waals surface area contributed by atoms with Crippen molar-refractivity contribution in [2.45, 2.75) is 40.0 Å². The van der Waals surface area contributed by atoms with Crippen LogP contribution in [0.4, 0.5) is 5.69 Å². The number of aromatic carboxylic acids is 1. The molecule has 2 aromatic carbocycles. The van der Waals surface area contributed by atoms with E-state index in [1.807, 2.05) is 18.2 Å². The SMILES string of the molecule is CCN(CC)c1ccc(-c2cc(-c3ccc(C(=O)O)nc3)ccc2OCCO)cc1C(C)(C)C. The van der Waals surface area contributed by atoms with E-state index in [1.54, 1.807) is 12.3 Å². The minimum atomic E-state index is -1.05. The molecule has 0 aliphatic rings. The normalized spacial score (nSPS) is 11.4. The quantitative estimate of drug-likeness (QED) is 0.429. The van der Waals surface area contributed by atoms with E-state index in [4.69, 9.17) is 9.84 Å². The van der Waals surface area contributed by atoms with E-state index in [9.17, 15) is 9.90 Å². The summed E-state index contributed by atoms with van der Waals surface area (Å²) in [7, 11) is 0. The molecule has 0 unspecified atom stereocenters. The van der Waals surface area contributed by atoms with Gasteiger partial charge in [0, 0.05) is 36.1 Å². The average Bonchev–Trinajstić information content (AvgIpc) is 2.83. The number of carbonyl (C=O) groups is 1. The lowest BCUT2D eigenvalue weighted by atomic mass is 9.83. The summed E-state index contributed by atoms with van der Waals surface area (Å²) in [6.07, 6.45) is 1.57. The molecule has 0 aliphatic carbocycles. The van der Waals surface area contributed by atoms with Crippen molar-refractivity contribution in [3.63, 3.8) is 0 Å². The molecule has 1 aromatic heterocycles. The van der Waals surface area contributed by atoms with E-state index in [0.29, 0.717) is 5.75 Å². The Morgan fingerprint density at radius 1 is 0.971 bits per heavy atom. The second-order valence-electron chi connectivity index (χ2n) is 9.17.